The largest absolute Gasteiger partial charge is 0.372 e. The number of rotatable bonds is 3. The summed E-state index contributed by atoms with van der Waals surface area (Å²) in [7, 11) is 1.99. The molecule has 0 aromatic carbocycles. The van der Waals surface area contributed by atoms with Crippen LogP contribution in [0.3, 0.4) is 0 Å². The van der Waals surface area contributed by atoms with Crippen LogP contribution in [-0.2, 0) is 11.8 Å². The average molecular weight is 355 g/mol. The molecular formula is C18H21N5OS. The zero-order chi connectivity index (χ0) is 17.4. The number of aromatic nitrogens is 4. The molecule has 0 unspecified atom stereocenters. The number of hydrogen-bond donors (Lipinski definition) is 0. The van der Waals surface area contributed by atoms with Crippen molar-refractivity contribution >= 4 is 17.3 Å². The van der Waals surface area contributed by atoms with Gasteiger partial charge in [-0.3, -0.25) is 0 Å². The van der Waals surface area contributed by atoms with Gasteiger partial charge in [0, 0.05) is 49.2 Å². The maximum Gasteiger partial charge on any atom is 0.226 e. The Bertz CT molecular complexity index is 850. The Balaban J connectivity index is 1.80. The second kappa shape index (κ2) is 6.57. The number of ether oxygens (including phenoxy) is 1. The van der Waals surface area contributed by atoms with Crippen LogP contribution < -0.4 is 4.90 Å². The first-order valence-corrected chi connectivity index (χ1v) is 9.29. The predicted molar refractivity (Wildman–Crippen MR) is 99.8 cm³/mol. The predicted octanol–water partition coefficient (Wildman–Crippen LogP) is 3.22. The molecule has 0 saturated carbocycles. The summed E-state index contributed by atoms with van der Waals surface area (Å²) in [6.45, 7) is 5.76. The Morgan fingerprint density at radius 3 is 2.64 bits per heavy atom. The molecule has 4 heterocycles. The highest BCUT2D eigenvalue weighted by Gasteiger charge is 2.25. The van der Waals surface area contributed by atoms with Crippen molar-refractivity contribution in [1.82, 2.24) is 19.5 Å². The maximum atomic E-state index is 5.83. The minimum absolute atomic E-state index is 0.168. The van der Waals surface area contributed by atoms with E-state index in [-0.39, 0.29) is 12.2 Å². The SMILES string of the molecule is C[C@H]1CN(c2ncc(-c3cccs3)c(-c3nccn3C)n2)C[C@H](C)O1. The smallest absolute Gasteiger partial charge is 0.226 e. The molecule has 4 rings (SSSR count). The van der Waals surface area contributed by atoms with Crippen LogP contribution in [0.5, 0.6) is 0 Å². The van der Waals surface area contributed by atoms with E-state index in [1.807, 2.05) is 30.1 Å². The second-order valence-electron chi connectivity index (χ2n) is 6.43. The van der Waals surface area contributed by atoms with E-state index < -0.39 is 0 Å². The molecule has 0 amide bonds. The van der Waals surface area contributed by atoms with Gasteiger partial charge >= 0.3 is 0 Å². The molecule has 7 heteroatoms. The molecule has 2 atom stereocenters. The number of imidazole rings is 1. The lowest BCUT2D eigenvalue weighted by atomic mass is 10.2. The van der Waals surface area contributed by atoms with Crippen molar-refractivity contribution in [2.45, 2.75) is 26.1 Å². The number of hydrogen-bond acceptors (Lipinski definition) is 6. The average Bonchev–Trinajstić information content (AvgIpc) is 3.25. The van der Waals surface area contributed by atoms with Crippen LogP contribution in [0.15, 0.2) is 36.1 Å². The molecule has 0 N–H and O–H groups in total. The number of thiophene rings is 1. The van der Waals surface area contributed by atoms with Gasteiger partial charge in [0.1, 0.15) is 5.69 Å². The fourth-order valence-corrected chi connectivity index (χ4v) is 3.98. The molecule has 0 aliphatic carbocycles. The van der Waals surface area contributed by atoms with Crippen molar-refractivity contribution in [1.29, 1.82) is 0 Å². The molecule has 3 aromatic heterocycles. The molecule has 0 spiro atoms. The van der Waals surface area contributed by atoms with E-state index in [1.165, 1.54) is 0 Å². The van der Waals surface area contributed by atoms with E-state index >= 15 is 0 Å². The summed E-state index contributed by atoms with van der Waals surface area (Å²) in [6, 6.07) is 4.13. The Labute approximate surface area is 151 Å². The number of aryl methyl sites for hydroxylation is 1. The van der Waals surface area contributed by atoms with Gasteiger partial charge in [-0.15, -0.1) is 11.3 Å². The van der Waals surface area contributed by atoms with Crippen molar-refractivity contribution in [3.05, 3.63) is 36.1 Å². The van der Waals surface area contributed by atoms with Crippen LogP contribution in [-0.4, -0.2) is 44.8 Å². The second-order valence-corrected chi connectivity index (χ2v) is 7.38. The topological polar surface area (TPSA) is 56.1 Å². The third-order valence-corrected chi connectivity index (χ3v) is 5.20. The van der Waals surface area contributed by atoms with E-state index in [0.29, 0.717) is 0 Å². The van der Waals surface area contributed by atoms with E-state index in [1.54, 1.807) is 17.5 Å². The van der Waals surface area contributed by atoms with Gasteiger partial charge in [-0.1, -0.05) is 6.07 Å². The summed E-state index contributed by atoms with van der Waals surface area (Å²) >= 11 is 1.68. The van der Waals surface area contributed by atoms with Gasteiger partial charge in [-0.25, -0.2) is 15.0 Å². The summed E-state index contributed by atoms with van der Waals surface area (Å²) in [4.78, 5) is 17.4. The van der Waals surface area contributed by atoms with E-state index in [4.69, 9.17) is 9.72 Å². The zero-order valence-electron chi connectivity index (χ0n) is 14.6. The van der Waals surface area contributed by atoms with Crippen LogP contribution in [0.2, 0.25) is 0 Å². The molecular weight excluding hydrogens is 334 g/mol. The normalized spacial score (nSPS) is 20.8. The Hall–Kier alpha value is -2.25. The van der Waals surface area contributed by atoms with Gasteiger partial charge < -0.3 is 14.2 Å². The van der Waals surface area contributed by atoms with Gasteiger partial charge in [0.15, 0.2) is 5.82 Å². The van der Waals surface area contributed by atoms with Crippen molar-refractivity contribution in [2.75, 3.05) is 18.0 Å². The van der Waals surface area contributed by atoms with E-state index in [0.717, 1.165) is 41.0 Å². The van der Waals surface area contributed by atoms with Gasteiger partial charge in [0.25, 0.3) is 0 Å². The van der Waals surface area contributed by atoms with Crippen LogP contribution in [0, 0.1) is 0 Å². The highest BCUT2D eigenvalue weighted by Crippen LogP contribution is 2.33. The number of nitrogens with zero attached hydrogens (tertiary/aromatic N) is 5. The third-order valence-electron chi connectivity index (χ3n) is 4.30. The van der Waals surface area contributed by atoms with Crippen molar-refractivity contribution in [3.63, 3.8) is 0 Å². The van der Waals surface area contributed by atoms with E-state index in [2.05, 4.69) is 40.2 Å². The van der Waals surface area contributed by atoms with Crippen molar-refractivity contribution < 1.29 is 4.74 Å². The number of morpholine rings is 1. The molecule has 1 aliphatic rings. The number of anilines is 1. The Morgan fingerprint density at radius 2 is 2.00 bits per heavy atom. The molecule has 0 bridgehead atoms. The lowest BCUT2D eigenvalue weighted by molar-refractivity contribution is -0.00571. The highest BCUT2D eigenvalue weighted by molar-refractivity contribution is 7.13. The molecule has 6 nitrogen and oxygen atoms in total. The van der Waals surface area contributed by atoms with Gasteiger partial charge in [0.2, 0.25) is 5.95 Å². The molecule has 1 saturated heterocycles. The highest BCUT2D eigenvalue weighted by atomic mass is 32.1. The van der Waals surface area contributed by atoms with Crippen LogP contribution in [0.4, 0.5) is 5.95 Å². The lowest BCUT2D eigenvalue weighted by Gasteiger charge is -2.35. The Kier molecular flexibility index (Phi) is 4.27. The quantitative estimate of drug-likeness (QED) is 0.722. The minimum atomic E-state index is 0.168. The zero-order valence-corrected chi connectivity index (χ0v) is 15.4. The van der Waals surface area contributed by atoms with Crippen LogP contribution >= 0.6 is 11.3 Å². The molecule has 25 heavy (non-hydrogen) atoms. The summed E-state index contributed by atoms with van der Waals surface area (Å²) < 4.78 is 7.82. The van der Waals surface area contributed by atoms with E-state index in [9.17, 15) is 0 Å². The molecule has 0 radical (unpaired) electrons. The van der Waals surface area contributed by atoms with Gasteiger partial charge in [-0.2, -0.15) is 0 Å². The van der Waals surface area contributed by atoms with Crippen molar-refractivity contribution in [3.8, 4) is 22.0 Å². The van der Waals surface area contributed by atoms with Crippen molar-refractivity contribution in [2.24, 2.45) is 7.05 Å². The molecule has 1 fully saturated rings. The summed E-state index contributed by atoms with van der Waals surface area (Å²) in [5, 5.41) is 2.07. The van der Waals surface area contributed by atoms with Crippen LogP contribution in [0.25, 0.3) is 22.0 Å². The van der Waals surface area contributed by atoms with Gasteiger partial charge in [-0.05, 0) is 25.3 Å². The first kappa shape index (κ1) is 16.2. The standard InChI is InChI=1S/C18H21N5OS/c1-12-10-23(11-13(2)24-12)18-20-9-14(15-5-4-8-25-15)16(21-18)17-19-6-7-22(17)3/h4-9,12-13H,10-11H2,1-3H3/t12-,13-/m0/s1. The summed E-state index contributed by atoms with van der Waals surface area (Å²) in [5.41, 5.74) is 1.88. The first-order chi connectivity index (χ1) is 12.1. The van der Waals surface area contributed by atoms with Crippen LogP contribution in [0.1, 0.15) is 13.8 Å². The summed E-state index contributed by atoms with van der Waals surface area (Å²) in [5.74, 6) is 1.58. The lowest BCUT2D eigenvalue weighted by Crippen LogP contribution is -2.46. The Morgan fingerprint density at radius 1 is 1.20 bits per heavy atom. The van der Waals surface area contributed by atoms with Gasteiger partial charge in [0.05, 0.1) is 12.2 Å². The fraction of sp³-hybridized carbons (Fsp3) is 0.389. The molecule has 1 aliphatic heterocycles. The third kappa shape index (κ3) is 3.17. The molecule has 130 valence electrons. The maximum absolute atomic E-state index is 5.83. The first-order valence-electron chi connectivity index (χ1n) is 8.41. The minimum Gasteiger partial charge on any atom is -0.372 e. The summed E-state index contributed by atoms with van der Waals surface area (Å²) in [6.07, 6.45) is 5.99. The monoisotopic (exact) mass is 355 g/mol. The molecule has 3 aromatic rings. The fourth-order valence-electron chi connectivity index (χ4n) is 3.24.